The number of aromatic hydroxyl groups is 1. The summed E-state index contributed by atoms with van der Waals surface area (Å²) in [5.74, 6) is -0.484. The molecule has 3 rings (SSSR count). The molecule has 0 aliphatic carbocycles. The largest absolute Gasteiger partial charge is 0.508 e. The Bertz CT molecular complexity index is 893. The monoisotopic (exact) mass is 394 g/mol. The van der Waals surface area contributed by atoms with Gasteiger partial charge in [0.1, 0.15) is 5.75 Å². The van der Waals surface area contributed by atoms with E-state index in [0.29, 0.717) is 10.1 Å². The minimum Gasteiger partial charge on any atom is -0.508 e. The number of quaternary nitrogens is 1. The van der Waals surface area contributed by atoms with Crippen LogP contribution in [0.15, 0.2) is 60.3 Å². The van der Waals surface area contributed by atoms with Crippen molar-refractivity contribution in [3.05, 3.63) is 65.9 Å². The highest BCUT2D eigenvalue weighted by Crippen LogP contribution is 2.40. The van der Waals surface area contributed by atoms with Crippen molar-refractivity contribution in [1.82, 2.24) is 5.32 Å². The summed E-state index contributed by atoms with van der Waals surface area (Å²) in [4.78, 5) is 15.6. The van der Waals surface area contributed by atoms with Gasteiger partial charge in [0, 0.05) is 18.3 Å². The number of nitrogens with zero attached hydrogens (tertiary/aromatic N) is 2. The van der Waals surface area contributed by atoms with Gasteiger partial charge in [0.15, 0.2) is 0 Å². The maximum absolute atomic E-state index is 13.4. The number of anilines is 1. The van der Waals surface area contributed by atoms with Crippen molar-refractivity contribution in [3.63, 3.8) is 0 Å². The zero-order valence-corrected chi connectivity index (χ0v) is 18.1. The first-order chi connectivity index (χ1) is 13.8. The minimum absolute atomic E-state index is 0.0518. The molecule has 154 valence electrons. The van der Waals surface area contributed by atoms with Crippen molar-refractivity contribution in [2.75, 3.05) is 24.5 Å². The Morgan fingerprint density at radius 3 is 2.03 bits per heavy atom. The van der Waals surface area contributed by atoms with Crippen molar-refractivity contribution < 1.29 is 14.4 Å². The maximum Gasteiger partial charge on any atom is 0.259 e. The van der Waals surface area contributed by atoms with Gasteiger partial charge in [-0.15, -0.1) is 0 Å². The third-order valence-corrected chi connectivity index (χ3v) is 6.62. The summed E-state index contributed by atoms with van der Waals surface area (Å²) in [6, 6.07) is 17.0. The average molecular weight is 395 g/mol. The quantitative estimate of drug-likeness (QED) is 0.718. The Morgan fingerprint density at radius 1 is 0.966 bits per heavy atom. The molecular weight excluding hydrogens is 362 g/mol. The topological polar surface area (TPSA) is 52.6 Å². The summed E-state index contributed by atoms with van der Waals surface area (Å²) in [5, 5.41) is 13.2. The van der Waals surface area contributed by atoms with Crippen LogP contribution in [0.3, 0.4) is 0 Å². The Hall–Kier alpha value is -2.79. The van der Waals surface area contributed by atoms with Gasteiger partial charge in [-0.2, -0.15) is 0 Å². The molecule has 0 saturated heterocycles. The lowest BCUT2D eigenvalue weighted by Gasteiger charge is -2.57. The summed E-state index contributed by atoms with van der Waals surface area (Å²) in [7, 11) is 0. The lowest BCUT2D eigenvalue weighted by molar-refractivity contribution is -0.971. The van der Waals surface area contributed by atoms with Crippen LogP contribution in [0.5, 0.6) is 5.75 Å². The first-order valence-corrected chi connectivity index (χ1v) is 10.4. The Morgan fingerprint density at radius 2 is 1.52 bits per heavy atom. The molecule has 2 aromatic rings. The molecule has 1 unspecified atom stereocenters. The average Bonchev–Trinajstić information content (AvgIpc) is 2.71. The van der Waals surface area contributed by atoms with Crippen molar-refractivity contribution in [3.8, 4) is 5.75 Å². The Labute approximate surface area is 173 Å². The van der Waals surface area contributed by atoms with Crippen LogP contribution in [0.4, 0.5) is 5.69 Å². The maximum atomic E-state index is 13.4. The van der Waals surface area contributed by atoms with Crippen LogP contribution in [0.2, 0.25) is 0 Å². The number of carbonyl (C=O) groups excluding carboxylic acids is 1. The summed E-state index contributed by atoms with van der Waals surface area (Å²) >= 11 is 0. The highest BCUT2D eigenvalue weighted by Gasteiger charge is 2.54. The molecule has 0 radical (unpaired) electrons. The zero-order chi connectivity index (χ0) is 21.2. The van der Waals surface area contributed by atoms with E-state index in [9.17, 15) is 9.90 Å². The van der Waals surface area contributed by atoms with Crippen LogP contribution < -0.4 is 10.2 Å². The minimum atomic E-state index is -0.658. The number of carbonyl (C=O) groups is 1. The van der Waals surface area contributed by atoms with Crippen LogP contribution >= 0.6 is 0 Å². The standard InChI is InChI=1S/C24H31N3O2/c1-6-27(7-2,8-3)24(5)25-23(29)22(19-12-10-9-11-13-19)18(4)26(24)20-14-16-21(28)17-15-20/h9-17H,6-8H2,1-5H3,(H-,25,28,29)/p+1. The SMILES string of the molecule is CC[N+](CC)(CC)C1(C)NC(=O)C(c2ccccc2)=C(C)N1c1ccc(O)cc1. The number of phenolic OH excluding ortho intramolecular Hbond substituents is 1. The van der Waals surface area contributed by atoms with E-state index in [0.717, 1.165) is 36.6 Å². The van der Waals surface area contributed by atoms with Gasteiger partial charge < -0.3 is 5.11 Å². The van der Waals surface area contributed by atoms with E-state index in [1.54, 1.807) is 12.1 Å². The lowest BCUT2D eigenvalue weighted by Crippen LogP contribution is -2.78. The molecule has 0 aromatic heterocycles. The second kappa shape index (κ2) is 7.91. The first kappa shape index (κ1) is 20.9. The van der Waals surface area contributed by atoms with Crippen LogP contribution in [0, 0.1) is 0 Å². The van der Waals surface area contributed by atoms with E-state index in [1.165, 1.54) is 0 Å². The molecule has 5 heteroatoms. The molecule has 1 atom stereocenters. The summed E-state index contributed by atoms with van der Waals surface area (Å²) in [5.41, 5.74) is 3.42. The molecule has 29 heavy (non-hydrogen) atoms. The third kappa shape index (κ3) is 3.29. The molecule has 0 saturated carbocycles. The second-order valence-corrected chi connectivity index (χ2v) is 7.75. The number of allylic oxidation sites excluding steroid dienone is 1. The second-order valence-electron chi connectivity index (χ2n) is 7.75. The van der Waals surface area contributed by atoms with Crippen molar-refractivity contribution in [2.24, 2.45) is 0 Å². The van der Waals surface area contributed by atoms with Gasteiger partial charge in [-0.25, -0.2) is 0 Å². The molecule has 1 aliphatic rings. The molecular formula is C24H32N3O2+. The first-order valence-electron chi connectivity index (χ1n) is 10.4. The molecule has 2 N–H and O–H groups in total. The molecule has 0 bridgehead atoms. The van der Waals surface area contributed by atoms with Gasteiger partial charge in [0.25, 0.3) is 11.7 Å². The van der Waals surface area contributed by atoms with Gasteiger partial charge in [0.2, 0.25) is 0 Å². The predicted octanol–water partition coefficient (Wildman–Crippen LogP) is 4.31. The molecule has 1 amide bonds. The predicted molar refractivity (Wildman–Crippen MR) is 118 cm³/mol. The van der Waals surface area contributed by atoms with E-state index in [4.69, 9.17) is 0 Å². The van der Waals surface area contributed by atoms with Gasteiger partial charge in [-0.1, -0.05) is 30.3 Å². The van der Waals surface area contributed by atoms with E-state index in [2.05, 4.69) is 37.9 Å². The molecule has 1 aliphatic heterocycles. The van der Waals surface area contributed by atoms with Crippen LogP contribution in [-0.2, 0) is 4.79 Å². The van der Waals surface area contributed by atoms with E-state index < -0.39 is 5.79 Å². The van der Waals surface area contributed by atoms with E-state index >= 15 is 0 Å². The number of benzene rings is 2. The van der Waals surface area contributed by atoms with Gasteiger partial charge in [0.05, 0.1) is 25.2 Å². The molecule has 0 spiro atoms. The van der Waals surface area contributed by atoms with Gasteiger partial charge in [-0.05, 0) is 57.5 Å². The van der Waals surface area contributed by atoms with Gasteiger partial charge in [-0.3, -0.25) is 19.5 Å². The van der Waals surface area contributed by atoms with Crippen LogP contribution in [-0.4, -0.2) is 40.9 Å². The fourth-order valence-electron chi connectivity index (χ4n) is 4.85. The molecule has 0 fully saturated rings. The number of amides is 1. The Kier molecular flexibility index (Phi) is 5.71. The highest BCUT2D eigenvalue weighted by atomic mass is 16.3. The Balaban J connectivity index is 2.30. The molecule has 5 nitrogen and oxygen atoms in total. The summed E-state index contributed by atoms with van der Waals surface area (Å²) in [6.45, 7) is 13.3. The summed E-state index contributed by atoms with van der Waals surface area (Å²) < 4.78 is 0.707. The lowest BCUT2D eigenvalue weighted by atomic mass is 9.96. The normalized spacial score (nSPS) is 20.0. The number of hydrogen-bond acceptors (Lipinski definition) is 3. The van der Waals surface area contributed by atoms with Crippen LogP contribution in [0.25, 0.3) is 5.57 Å². The number of phenols is 1. The number of rotatable bonds is 6. The van der Waals surface area contributed by atoms with E-state index in [1.807, 2.05) is 49.4 Å². The number of nitrogens with one attached hydrogen (secondary N) is 1. The number of hydrogen-bond donors (Lipinski definition) is 2. The zero-order valence-electron chi connectivity index (χ0n) is 18.1. The smallest absolute Gasteiger partial charge is 0.259 e. The van der Waals surface area contributed by atoms with Gasteiger partial charge >= 0.3 is 0 Å². The highest BCUT2D eigenvalue weighted by molar-refractivity contribution is 6.22. The third-order valence-electron chi connectivity index (χ3n) is 6.62. The van der Waals surface area contributed by atoms with E-state index in [-0.39, 0.29) is 11.7 Å². The molecule has 2 aromatic carbocycles. The van der Waals surface area contributed by atoms with Crippen molar-refractivity contribution >= 4 is 17.2 Å². The fraction of sp³-hybridized carbons (Fsp3) is 0.375. The van der Waals surface area contributed by atoms with Crippen molar-refractivity contribution in [2.45, 2.75) is 40.4 Å². The van der Waals surface area contributed by atoms with Crippen LogP contribution in [0.1, 0.15) is 40.2 Å². The fourth-order valence-corrected chi connectivity index (χ4v) is 4.85. The van der Waals surface area contributed by atoms with Crippen molar-refractivity contribution in [1.29, 1.82) is 0 Å². The summed E-state index contributed by atoms with van der Waals surface area (Å²) in [6.07, 6.45) is 0. The molecule has 1 heterocycles.